The largest absolute Gasteiger partial charge is 0.369 e. The van der Waals surface area contributed by atoms with Crippen molar-refractivity contribution in [2.45, 2.75) is 33.2 Å². The first-order chi connectivity index (χ1) is 12.0. The number of carbonyl (C=O) groups excluding carboxylic acids is 3. The van der Waals surface area contributed by atoms with Gasteiger partial charge in [0, 0.05) is 11.0 Å². The second-order valence-corrected chi connectivity index (χ2v) is 7.07. The Morgan fingerprint density at radius 1 is 1.19 bits per heavy atom. The number of rotatable bonds is 2. The lowest BCUT2D eigenvalue weighted by atomic mass is 9.95. The maximum absolute atomic E-state index is 12.3. The number of nitrogens with zero attached hydrogens (tertiary/aromatic N) is 1. The number of imide groups is 1. The van der Waals surface area contributed by atoms with Crippen molar-refractivity contribution in [2.24, 2.45) is 10.4 Å². The summed E-state index contributed by atoms with van der Waals surface area (Å²) in [7, 11) is 0. The fourth-order valence-corrected chi connectivity index (χ4v) is 2.10. The van der Waals surface area contributed by atoms with Crippen LogP contribution < -0.4 is 16.0 Å². The van der Waals surface area contributed by atoms with Crippen molar-refractivity contribution in [3.63, 3.8) is 0 Å². The third-order valence-electron chi connectivity index (χ3n) is 3.44. The van der Waals surface area contributed by atoms with E-state index in [1.165, 1.54) is 18.2 Å². The van der Waals surface area contributed by atoms with Crippen LogP contribution in [0, 0.1) is 5.41 Å². The van der Waals surface area contributed by atoms with E-state index in [-0.39, 0.29) is 22.1 Å². The van der Waals surface area contributed by atoms with Gasteiger partial charge < -0.3 is 15.5 Å². The van der Waals surface area contributed by atoms with Gasteiger partial charge in [-0.1, -0.05) is 32.4 Å². The molecule has 1 aliphatic rings. The molecule has 5 N–H and O–H groups in total. The lowest BCUT2D eigenvalue weighted by Gasteiger charge is -2.17. The van der Waals surface area contributed by atoms with Crippen LogP contribution in [0.15, 0.2) is 23.2 Å². The summed E-state index contributed by atoms with van der Waals surface area (Å²) >= 11 is 6.00. The van der Waals surface area contributed by atoms with Gasteiger partial charge in [0.1, 0.15) is 0 Å². The summed E-state index contributed by atoms with van der Waals surface area (Å²) in [6.45, 7) is 4.98. The van der Waals surface area contributed by atoms with Crippen molar-refractivity contribution in [3.05, 3.63) is 34.3 Å². The Kier molecular flexibility index (Phi) is 5.65. The Morgan fingerprint density at radius 3 is 2.38 bits per heavy atom. The van der Waals surface area contributed by atoms with Gasteiger partial charge in [-0.05, 0) is 18.2 Å². The summed E-state index contributed by atoms with van der Waals surface area (Å²) < 4.78 is 0. The zero-order valence-corrected chi connectivity index (χ0v) is 15.1. The Bertz CT molecular complexity index is 787. The maximum Gasteiger partial charge on any atom is 0.259 e. The summed E-state index contributed by atoms with van der Waals surface area (Å²) in [5.74, 6) is -1.98. The van der Waals surface area contributed by atoms with E-state index in [1.807, 2.05) is 0 Å². The first kappa shape index (κ1) is 19.8. The SMILES string of the molecule is CC(C)(C)C(=O)NC(=O)c1ccc(Cl)c(C(=O)NC2=NC(O)C(O)N2)c1. The van der Waals surface area contributed by atoms with Crippen LogP contribution in [-0.4, -0.2) is 46.3 Å². The molecule has 10 heteroatoms. The zero-order valence-electron chi connectivity index (χ0n) is 14.3. The topological polar surface area (TPSA) is 140 Å². The van der Waals surface area contributed by atoms with Crippen molar-refractivity contribution >= 4 is 35.3 Å². The van der Waals surface area contributed by atoms with Crippen LogP contribution in [0.2, 0.25) is 5.02 Å². The van der Waals surface area contributed by atoms with Crippen LogP contribution in [-0.2, 0) is 4.79 Å². The third-order valence-corrected chi connectivity index (χ3v) is 3.77. The molecule has 0 bridgehead atoms. The fourth-order valence-electron chi connectivity index (χ4n) is 1.90. The molecule has 2 rings (SSSR count). The third kappa shape index (κ3) is 4.57. The van der Waals surface area contributed by atoms with Crippen molar-refractivity contribution in [3.8, 4) is 0 Å². The Hall–Kier alpha value is -2.49. The summed E-state index contributed by atoms with van der Waals surface area (Å²) in [6, 6.07) is 3.95. The van der Waals surface area contributed by atoms with Crippen LogP contribution in [0.3, 0.4) is 0 Å². The quantitative estimate of drug-likeness (QED) is 0.486. The predicted octanol–water partition coefficient (Wildman–Crippen LogP) is -0.0317. The zero-order chi connectivity index (χ0) is 19.6. The number of guanidine groups is 1. The van der Waals surface area contributed by atoms with Crippen molar-refractivity contribution < 1.29 is 24.6 Å². The van der Waals surface area contributed by atoms with Crippen LogP contribution in [0.1, 0.15) is 41.5 Å². The van der Waals surface area contributed by atoms with E-state index in [2.05, 4.69) is 20.9 Å². The number of halogens is 1. The highest BCUT2D eigenvalue weighted by Gasteiger charge is 2.27. The molecule has 140 valence electrons. The van der Waals surface area contributed by atoms with Gasteiger partial charge in [-0.3, -0.25) is 25.0 Å². The molecule has 0 fully saturated rings. The number of aliphatic hydroxyl groups excluding tert-OH is 2. The molecule has 0 saturated carbocycles. The highest BCUT2D eigenvalue weighted by atomic mass is 35.5. The molecule has 2 unspecified atom stereocenters. The minimum Gasteiger partial charge on any atom is -0.369 e. The van der Waals surface area contributed by atoms with E-state index in [0.29, 0.717) is 0 Å². The first-order valence-electron chi connectivity index (χ1n) is 7.66. The molecule has 2 atom stereocenters. The summed E-state index contributed by atoms with van der Waals surface area (Å²) in [6.07, 6.45) is -2.73. The van der Waals surface area contributed by atoms with E-state index in [0.717, 1.165) is 0 Å². The number of hydrogen-bond acceptors (Lipinski definition) is 7. The van der Waals surface area contributed by atoms with Gasteiger partial charge in [-0.15, -0.1) is 0 Å². The minimum absolute atomic E-state index is 0.0390. The number of hydrogen-bond donors (Lipinski definition) is 5. The molecule has 26 heavy (non-hydrogen) atoms. The Balaban J connectivity index is 2.16. The van der Waals surface area contributed by atoms with Gasteiger partial charge in [-0.25, -0.2) is 4.99 Å². The molecule has 0 saturated heterocycles. The van der Waals surface area contributed by atoms with Gasteiger partial charge in [-0.2, -0.15) is 0 Å². The molecule has 0 aliphatic carbocycles. The van der Waals surface area contributed by atoms with Gasteiger partial charge in [0.2, 0.25) is 11.9 Å². The van der Waals surface area contributed by atoms with Crippen molar-refractivity contribution in [2.75, 3.05) is 0 Å². The first-order valence-corrected chi connectivity index (χ1v) is 8.04. The standard InChI is InChI=1S/C16H19ClN4O5/c1-16(2,3)14(26)18-10(22)7-4-5-9(17)8(6-7)11(23)19-15-20-12(24)13(25)21-15/h4-6,12-13,24-25H,1-3H3,(H,18,22,26)(H2,19,20,21,23). The normalized spacial score (nSPS) is 19.4. The Morgan fingerprint density at radius 2 is 1.85 bits per heavy atom. The number of aliphatic hydroxyl groups is 2. The molecular weight excluding hydrogens is 364 g/mol. The smallest absolute Gasteiger partial charge is 0.259 e. The average Bonchev–Trinajstić information content (AvgIpc) is 2.84. The summed E-state index contributed by atoms with van der Waals surface area (Å²) in [4.78, 5) is 40.0. The molecule has 1 heterocycles. The van der Waals surface area contributed by atoms with E-state index < -0.39 is 35.6 Å². The lowest BCUT2D eigenvalue weighted by molar-refractivity contribution is -0.127. The number of amides is 3. The van der Waals surface area contributed by atoms with Crippen LogP contribution in [0.25, 0.3) is 0 Å². The molecule has 0 radical (unpaired) electrons. The van der Waals surface area contributed by atoms with Crippen LogP contribution in [0.5, 0.6) is 0 Å². The molecule has 9 nitrogen and oxygen atoms in total. The molecule has 0 aromatic heterocycles. The minimum atomic E-state index is -1.40. The monoisotopic (exact) mass is 382 g/mol. The van der Waals surface area contributed by atoms with E-state index in [1.54, 1.807) is 20.8 Å². The molecule has 1 aliphatic heterocycles. The average molecular weight is 383 g/mol. The number of carbonyl (C=O) groups is 3. The van der Waals surface area contributed by atoms with Gasteiger partial charge in [0.05, 0.1) is 10.6 Å². The molecular formula is C16H19ClN4O5. The lowest BCUT2D eigenvalue weighted by Crippen LogP contribution is -2.43. The van der Waals surface area contributed by atoms with E-state index in [4.69, 9.17) is 11.6 Å². The molecule has 1 aromatic carbocycles. The van der Waals surface area contributed by atoms with Crippen LogP contribution >= 0.6 is 11.6 Å². The van der Waals surface area contributed by atoms with Crippen molar-refractivity contribution in [1.82, 2.24) is 16.0 Å². The van der Waals surface area contributed by atoms with E-state index in [9.17, 15) is 24.6 Å². The number of aliphatic imine (C=N–C) groups is 1. The van der Waals surface area contributed by atoms with Gasteiger partial charge in [0.15, 0.2) is 12.5 Å². The predicted molar refractivity (Wildman–Crippen MR) is 93.4 cm³/mol. The van der Waals surface area contributed by atoms with Gasteiger partial charge >= 0.3 is 0 Å². The highest BCUT2D eigenvalue weighted by Crippen LogP contribution is 2.19. The molecule has 1 aromatic rings. The van der Waals surface area contributed by atoms with Crippen LogP contribution in [0.4, 0.5) is 0 Å². The summed E-state index contributed by atoms with van der Waals surface area (Å²) in [5, 5.41) is 25.7. The summed E-state index contributed by atoms with van der Waals surface area (Å²) in [5.41, 5.74) is -0.725. The molecule has 0 spiro atoms. The highest BCUT2D eigenvalue weighted by molar-refractivity contribution is 6.34. The van der Waals surface area contributed by atoms with Gasteiger partial charge in [0.25, 0.3) is 11.8 Å². The number of benzene rings is 1. The number of nitrogens with one attached hydrogen (secondary N) is 3. The molecule has 3 amide bonds. The second-order valence-electron chi connectivity index (χ2n) is 6.66. The second kappa shape index (κ2) is 7.40. The van der Waals surface area contributed by atoms with Crippen molar-refractivity contribution in [1.29, 1.82) is 0 Å². The fraction of sp³-hybridized carbons (Fsp3) is 0.375. The maximum atomic E-state index is 12.3. The van der Waals surface area contributed by atoms with E-state index >= 15 is 0 Å². The Labute approximate surface area is 154 Å².